The summed E-state index contributed by atoms with van der Waals surface area (Å²) in [6.45, 7) is 10.4. The molecule has 254 valence electrons. The van der Waals surface area contributed by atoms with E-state index in [0.29, 0.717) is 5.75 Å². The summed E-state index contributed by atoms with van der Waals surface area (Å²) in [4.78, 5) is 37.7. The Morgan fingerprint density at radius 3 is 1.96 bits per heavy atom. The van der Waals surface area contributed by atoms with E-state index in [9.17, 15) is 19.0 Å². The van der Waals surface area contributed by atoms with E-state index in [2.05, 4.69) is 38.8 Å². The zero-order valence-corrected chi connectivity index (χ0v) is 30.1. The summed E-state index contributed by atoms with van der Waals surface area (Å²) in [7, 11) is -3.52. The summed E-state index contributed by atoms with van der Waals surface area (Å²) in [5.41, 5.74) is 0.253. The highest BCUT2D eigenvalue weighted by Crippen LogP contribution is 2.47. The summed E-state index contributed by atoms with van der Waals surface area (Å²) in [5.74, 6) is 0.0659. The fourth-order valence-corrected chi connectivity index (χ4v) is 8.12. The maximum atomic E-state index is 13.1. The number of benzene rings is 3. The molecule has 0 amide bonds. The number of aromatic nitrogens is 2. The van der Waals surface area contributed by atoms with Crippen molar-refractivity contribution in [1.82, 2.24) is 9.55 Å². The molecule has 48 heavy (non-hydrogen) atoms. The molecule has 1 aromatic heterocycles. The van der Waals surface area contributed by atoms with Crippen LogP contribution in [0.1, 0.15) is 43.7 Å². The Morgan fingerprint density at radius 1 is 0.896 bits per heavy atom. The third kappa shape index (κ3) is 7.32. The normalized spacial score (nSPS) is 20.4. The van der Waals surface area contributed by atoms with E-state index >= 15 is 0 Å². The highest BCUT2D eigenvalue weighted by atomic mass is 31.1. The van der Waals surface area contributed by atoms with Crippen LogP contribution < -0.4 is 16.0 Å². The Morgan fingerprint density at radius 2 is 1.46 bits per heavy atom. The molecule has 1 fully saturated rings. The molecule has 3 aromatic carbocycles. The van der Waals surface area contributed by atoms with Gasteiger partial charge in [0.2, 0.25) is 0 Å². The van der Waals surface area contributed by atoms with Crippen LogP contribution in [0.15, 0.2) is 107 Å². The van der Waals surface area contributed by atoms with Gasteiger partial charge in [-0.2, -0.15) is 4.89 Å². The molecule has 0 radical (unpaired) electrons. The van der Waals surface area contributed by atoms with Crippen molar-refractivity contribution in [3.63, 3.8) is 0 Å². The number of hydrogen-bond donors (Lipinski definition) is 2. The highest BCUT2D eigenvalue weighted by Gasteiger charge is 2.54. The van der Waals surface area contributed by atoms with Crippen molar-refractivity contribution in [2.75, 3.05) is 19.9 Å². The quantitative estimate of drug-likeness (QED) is 0.102. The Bertz CT molecular complexity index is 1770. The molecule has 1 saturated heterocycles. The molecular weight excluding hydrogens is 647 g/mol. The average molecular weight is 692 g/mol. The molecule has 0 spiro atoms. The van der Waals surface area contributed by atoms with Gasteiger partial charge in [-0.15, -0.1) is 0 Å². The van der Waals surface area contributed by atoms with E-state index in [1.165, 1.54) is 16.8 Å². The van der Waals surface area contributed by atoms with Gasteiger partial charge in [0.1, 0.15) is 17.5 Å². The van der Waals surface area contributed by atoms with Crippen LogP contribution in [0, 0.1) is 5.92 Å². The van der Waals surface area contributed by atoms with Gasteiger partial charge < -0.3 is 18.6 Å². The third-order valence-corrected chi connectivity index (χ3v) is 14.8. The molecule has 2 heterocycles. The molecule has 10 nitrogen and oxygen atoms in total. The van der Waals surface area contributed by atoms with Crippen LogP contribution in [0.25, 0.3) is 0 Å². The van der Waals surface area contributed by atoms with Crippen LogP contribution in [-0.4, -0.2) is 54.8 Å². The van der Waals surface area contributed by atoms with E-state index in [1.54, 1.807) is 7.11 Å². The van der Waals surface area contributed by atoms with Gasteiger partial charge in [0.15, 0.2) is 20.7 Å². The van der Waals surface area contributed by atoms with Crippen LogP contribution >= 0.6 is 8.03 Å². The van der Waals surface area contributed by atoms with Crippen LogP contribution in [0.3, 0.4) is 0 Å². The summed E-state index contributed by atoms with van der Waals surface area (Å²) >= 11 is 0. The summed E-state index contributed by atoms with van der Waals surface area (Å²) in [6, 6.07) is 28.6. The molecule has 1 unspecified atom stereocenters. The lowest BCUT2D eigenvalue weighted by Gasteiger charge is -2.40. The van der Waals surface area contributed by atoms with Gasteiger partial charge in [0.25, 0.3) is 5.56 Å². The van der Waals surface area contributed by atoms with Gasteiger partial charge in [-0.05, 0) is 51.5 Å². The minimum absolute atomic E-state index is 0.0182. The van der Waals surface area contributed by atoms with E-state index in [4.69, 9.17) is 18.6 Å². The third-order valence-electron chi connectivity index (χ3n) is 9.55. The van der Waals surface area contributed by atoms with Gasteiger partial charge in [-0.25, -0.2) is 4.79 Å². The molecule has 12 heteroatoms. The molecule has 1 aliphatic rings. The van der Waals surface area contributed by atoms with Gasteiger partial charge >= 0.3 is 13.7 Å². The zero-order chi connectivity index (χ0) is 34.7. The molecule has 4 aromatic rings. The first kappa shape index (κ1) is 35.6. The van der Waals surface area contributed by atoms with Gasteiger partial charge in [0, 0.05) is 12.3 Å². The van der Waals surface area contributed by atoms with Crippen molar-refractivity contribution in [2.45, 2.75) is 62.9 Å². The Kier molecular flexibility index (Phi) is 10.7. The molecule has 0 bridgehead atoms. The minimum atomic E-state index is -2.62. The second kappa shape index (κ2) is 14.4. The summed E-state index contributed by atoms with van der Waals surface area (Å²) < 4.78 is 40.0. The minimum Gasteiger partial charge on any atom is -0.497 e. The van der Waals surface area contributed by atoms with Crippen molar-refractivity contribution in [2.24, 2.45) is 5.92 Å². The lowest BCUT2D eigenvalue weighted by atomic mass is 9.80. The second-order valence-corrected chi connectivity index (χ2v) is 19.4. The molecule has 1 aliphatic heterocycles. The number of nitrogens with one attached hydrogen (secondary N) is 1. The number of nitrogens with zero attached hydrogens (tertiary/aromatic N) is 1. The van der Waals surface area contributed by atoms with Crippen molar-refractivity contribution >= 4 is 16.3 Å². The monoisotopic (exact) mass is 691 g/mol. The van der Waals surface area contributed by atoms with Crippen LogP contribution in [-0.2, 0) is 24.1 Å². The van der Waals surface area contributed by atoms with Gasteiger partial charge in [-0.3, -0.25) is 14.3 Å². The first-order chi connectivity index (χ1) is 22.8. The number of rotatable bonds is 12. The fraction of sp³-hybridized carbons (Fsp3) is 0.389. The smallest absolute Gasteiger partial charge is 0.497 e. The molecule has 0 saturated carbocycles. The second-order valence-electron chi connectivity index (χ2n) is 13.6. The highest BCUT2D eigenvalue weighted by molar-refractivity contribution is 7.38. The average Bonchev–Trinajstić information content (AvgIpc) is 3.37. The van der Waals surface area contributed by atoms with E-state index < -0.39 is 57.5 Å². The van der Waals surface area contributed by atoms with Crippen molar-refractivity contribution in [3.8, 4) is 5.75 Å². The number of methoxy groups -OCH3 is 1. The van der Waals surface area contributed by atoms with Crippen LogP contribution in [0.2, 0.25) is 18.1 Å². The SMILES string of the molecule is COc1ccc(C(OC[C@H]2O[C@@H](n3ccc(=O)[nH]c3=O)[C@H](O[Si](C)(C)C(C)(C)C)[C@@H]2C[P+](=O)O)(c2ccccc2)c2ccccc2)cc1. The Hall–Kier alpha value is -3.70. The maximum absolute atomic E-state index is 13.1. The van der Waals surface area contributed by atoms with Crippen molar-refractivity contribution in [3.05, 3.63) is 135 Å². The van der Waals surface area contributed by atoms with E-state index in [0.717, 1.165) is 16.7 Å². The lowest BCUT2D eigenvalue weighted by molar-refractivity contribution is -0.0891. The topological polar surface area (TPSA) is 129 Å². The molecule has 5 rings (SSSR count). The largest absolute Gasteiger partial charge is 0.505 e. The number of aromatic amines is 1. The predicted octanol–water partition coefficient (Wildman–Crippen LogP) is 6.19. The first-order valence-corrected chi connectivity index (χ1v) is 20.3. The molecular formula is C36H44N2O8PSi+. The zero-order valence-electron chi connectivity index (χ0n) is 28.2. The number of hydrogen-bond acceptors (Lipinski definition) is 7. The standard InChI is InChI=1S/C36H43N2O8PSi/c1-35(2,3)48(5,6)46-32-29(24-47(41)42)30(45-33(32)38-22-21-31(39)37-34(38)40)23-44-36(25-13-9-7-10-14-25,26-15-11-8-12-16-26)27-17-19-28(43-4)20-18-27/h7-22,29-30,32-33H,23-24H2,1-6H3,(H-,37,39,40,41,42)/p+1/t29-,30-,32-,33-/m1/s1. The van der Waals surface area contributed by atoms with E-state index in [1.807, 2.05) is 84.9 Å². The maximum Gasteiger partial charge on any atom is 0.505 e. The number of H-pyrrole nitrogens is 1. The Labute approximate surface area is 282 Å². The Balaban J connectivity index is 1.64. The summed E-state index contributed by atoms with van der Waals surface area (Å²) in [5, 5.41) is -0.210. The van der Waals surface area contributed by atoms with E-state index in [-0.39, 0.29) is 17.8 Å². The fourth-order valence-electron chi connectivity index (χ4n) is 5.99. The van der Waals surface area contributed by atoms with Crippen LogP contribution in [0.4, 0.5) is 0 Å². The van der Waals surface area contributed by atoms with Crippen LogP contribution in [0.5, 0.6) is 5.75 Å². The molecule has 5 atom stereocenters. The summed E-state index contributed by atoms with van der Waals surface area (Å²) in [6.07, 6.45) is -1.29. The van der Waals surface area contributed by atoms with Gasteiger partial charge in [-0.1, -0.05) is 93.6 Å². The number of ether oxygens (including phenoxy) is 3. The molecule has 2 N–H and O–H groups in total. The first-order valence-electron chi connectivity index (χ1n) is 15.9. The van der Waals surface area contributed by atoms with Crippen molar-refractivity contribution < 1.29 is 28.1 Å². The predicted molar refractivity (Wildman–Crippen MR) is 187 cm³/mol. The lowest BCUT2D eigenvalue weighted by Crippen LogP contribution is -2.48. The van der Waals surface area contributed by atoms with Crippen molar-refractivity contribution in [1.29, 1.82) is 0 Å². The van der Waals surface area contributed by atoms with Gasteiger partial charge in [0.05, 0.1) is 25.7 Å². The molecule has 0 aliphatic carbocycles.